The topological polar surface area (TPSA) is 60.8 Å². The van der Waals surface area contributed by atoms with Crippen LogP contribution in [0.1, 0.15) is 30.6 Å². The SMILES string of the molecule is CCC(C)(O)CN(C)C.Cl.O=C(O)c1ccccc1. The number of carboxylic acids is 1. The van der Waals surface area contributed by atoms with Crippen molar-refractivity contribution in [2.45, 2.75) is 25.9 Å². The second-order valence-corrected chi connectivity index (χ2v) is 4.76. The number of likely N-dealkylation sites (N-methyl/N-ethyl adjacent to an activating group) is 1. The molecule has 5 heteroatoms. The Morgan fingerprint density at radius 1 is 1.26 bits per heavy atom. The van der Waals surface area contributed by atoms with E-state index in [0.717, 1.165) is 13.0 Å². The van der Waals surface area contributed by atoms with Crippen LogP contribution in [0.25, 0.3) is 0 Å². The molecule has 0 radical (unpaired) electrons. The lowest BCUT2D eigenvalue weighted by Crippen LogP contribution is -2.36. The molecule has 110 valence electrons. The molecule has 2 N–H and O–H groups in total. The minimum Gasteiger partial charge on any atom is -0.478 e. The Hall–Kier alpha value is -1.10. The number of benzene rings is 1. The van der Waals surface area contributed by atoms with Crippen molar-refractivity contribution in [2.75, 3.05) is 20.6 Å². The largest absolute Gasteiger partial charge is 0.478 e. The fourth-order valence-electron chi connectivity index (χ4n) is 1.37. The predicted octanol–water partition coefficient (Wildman–Crippen LogP) is 2.52. The Bertz CT molecular complexity index is 353. The number of aliphatic hydroxyl groups is 1. The minimum atomic E-state index is -0.879. The zero-order chi connectivity index (χ0) is 14.2. The van der Waals surface area contributed by atoms with E-state index in [4.69, 9.17) is 5.11 Å². The fraction of sp³-hybridized carbons (Fsp3) is 0.500. The van der Waals surface area contributed by atoms with Crippen molar-refractivity contribution in [3.8, 4) is 0 Å². The molecule has 1 rings (SSSR count). The van der Waals surface area contributed by atoms with E-state index in [1.54, 1.807) is 30.3 Å². The molecule has 0 saturated heterocycles. The molecular formula is C14H24ClNO3. The number of nitrogens with zero attached hydrogens (tertiary/aromatic N) is 1. The first-order valence-corrected chi connectivity index (χ1v) is 5.94. The molecule has 0 saturated carbocycles. The van der Waals surface area contributed by atoms with E-state index in [1.807, 2.05) is 32.8 Å². The summed E-state index contributed by atoms with van der Waals surface area (Å²) in [6.45, 7) is 4.58. The average molecular weight is 290 g/mol. The van der Waals surface area contributed by atoms with Crippen LogP contribution >= 0.6 is 12.4 Å². The average Bonchev–Trinajstić information content (AvgIpc) is 2.29. The molecule has 0 aliphatic rings. The molecule has 0 aliphatic carbocycles. The normalized spacial score (nSPS) is 12.7. The van der Waals surface area contributed by atoms with Gasteiger partial charge in [0, 0.05) is 6.54 Å². The number of rotatable bonds is 4. The van der Waals surface area contributed by atoms with Crippen molar-refractivity contribution >= 4 is 18.4 Å². The van der Waals surface area contributed by atoms with Crippen LogP contribution in [0.3, 0.4) is 0 Å². The summed E-state index contributed by atoms with van der Waals surface area (Å²) >= 11 is 0. The quantitative estimate of drug-likeness (QED) is 0.894. The highest BCUT2D eigenvalue weighted by atomic mass is 35.5. The first-order chi connectivity index (χ1) is 8.28. The summed E-state index contributed by atoms with van der Waals surface area (Å²) in [5.74, 6) is -0.879. The summed E-state index contributed by atoms with van der Waals surface area (Å²) in [6.07, 6.45) is 0.811. The van der Waals surface area contributed by atoms with Crippen LogP contribution in [0.2, 0.25) is 0 Å². The number of hydrogen-bond acceptors (Lipinski definition) is 3. The van der Waals surface area contributed by atoms with Crippen LogP contribution in [0.5, 0.6) is 0 Å². The van der Waals surface area contributed by atoms with Gasteiger partial charge in [-0.3, -0.25) is 0 Å². The van der Waals surface area contributed by atoms with Gasteiger partial charge in [-0.05, 0) is 39.6 Å². The van der Waals surface area contributed by atoms with E-state index < -0.39 is 11.6 Å². The molecule has 1 aromatic rings. The Morgan fingerprint density at radius 2 is 1.74 bits per heavy atom. The van der Waals surface area contributed by atoms with E-state index in [9.17, 15) is 9.90 Å². The summed E-state index contributed by atoms with van der Waals surface area (Å²) in [4.78, 5) is 12.2. The summed E-state index contributed by atoms with van der Waals surface area (Å²) in [5.41, 5.74) is -0.179. The molecule has 0 bridgehead atoms. The summed E-state index contributed by atoms with van der Waals surface area (Å²) in [5, 5.41) is 17.8. The molecule has 1 aromatic carbocycles. The number of aromatic carboxylic acids is 1. The Kier molecular flexibility index (Phi) is 10.4. The molecule has 0 spiro atoms. The van der Waals surface area contributed by atoms with Gasteiger partial charge in [-0.15, -0.1) is 12.4 Å². The number of hydrogen-bond donors (Lipinski definition) is 2. The van der Waals surface area contributed by atoms with Crippen LogP contribution in [0.15, 0.2) is 30.3 Å². The maximum atomic E-state index is 10.2. The van der Waals surface area contributed by atoms with Gasteiger partial charge in [0.25, 0.3) is 0 Å². The Balaban J connectivity index is 0. The second kappa shape index (κ2) is 9.78. The maximum absolute atomic E-state index is 10.2. The summed E-state index contributed by atoms with van der Waals surface area (Å²) in [6, 6.07) is 8.30. The summed E-state index contributed by atoms with van der Waals surface area (Å²) in [7, 11) is 3.92. The van der Waals surface area contributed by atoms with Crippen LogP contribution in [0.4, 0.5) is 0 Å². The second-order valence-electron chi connectivity index (χ2n) is 4.76. The van der Waals surface area contributed by atoms with Crippen molar-refractivity contribution in [3.05, 3.63) is 35.9 Å². The highest BCUT2D eigenvalue weighted by molar-refractivity contribution is 5.87. The van der Waals surface area contributed by atoms with Crippen LogP contribution in [-0.4, -0.2) is 47.3 Å². The lowest BCUT2D eigenvalue weighted by Gasteiger charge is -2.24. The van der Waals surface area contributed by atoms with Crippen molar-refractivity contribution < 1.29 is 15.0 Å². The smallest absolute Gasteiger partial charge is 0.335 e. The van der Waals surface area contributed by atoms with Gasteiger partial charge >= 0.3 is 5.97 Å². The van der Waals surface area contributed by atoms with Gasteiger partial charge in [-0.25, -0.2) is 4.79 Å². The highest BCUT2D eigenvalue weighted by Gasteiger charge is 2.17. The molecule has 0 aliphatic heterocycles. The van der Waals surface area contributed by atoms with Crippen molar-refractivity contribution in [1.82, 2.24) is 4.90 Å². The molecular weight excluding hydrogens is 266 g/mol. The Morgan fingerprint density at radius 3 is 1.95 bits per heavy atom. The van der Waals surface area contributed by atoms with E-state index in [-0.39, 0.29) is 12.4 Å². The predicted molar refractivity (Wildman–Crippen MR) is 80.1 cm³/mol. The monoisotopic (exact) mass is 289 g/mol. The molecule has 1 unspecified atom stereocenters. The third kappa shape index (κ3) is 10.5. The first-order valence-electron chi connectivity index (χ1n) is 5.94. The van der Waals surface area contributed by atoms with Gasteiger partial charge < -0.3 is 15.1 Å². The first kappa shape index (κ1) is 20.2. The van der Waals surface area contributed by atoms with Gasteiger partial charge in [-0.1, -0.05) is 25.1 Å². The molecule has 4 nitrogen and oxygen atoms in total. The number of halogens is 1. The standard InChI is InChI=1S/C7H17NO.C7H6O2.ClH/c1-5-7(2,9)6-8(3)4;8-7(9)6-4-2-1-3-5-6;/h9H,5-6H2,1-4H3;1-5H,(H,8,9);1H. The van der Waals surface area contributed by atoms with Gasteiger partial charge in [0.05, 0.1) is 11.2 Å². The lowest BCUT2D eigenvalue weighted by molar-refractivity contribution is 0.0301. The van der Waals surface area contributed by atoms with Gasteiger partial charge in [0.1, 0.15) is 0 Å². The van der Waals surface area contributed by atoms with Crippen LogP contribution in [-0.2, 0) is 0 Å². The number of carboxylic acid groups (broad SMARTS) is 1. The van der Waals surface area contributed by atoms with E-state index >= 15 is 0 Å². The molecule has 0 amide bonds. The minimum absolute atomic E-state index is 0. The molecule has 0 aromatic heterocycles. The van der Waals surface area contributed by atoms with Crippen molar-refractivity contribution in [3.63, 3.8) is 0 Å². The molecule has 0 heterocycles. The summed E-state index contributed by atoms with van der Waals surface area (Å²) < 4.78 is 0. The van der Waals surface area contributed by atoms with Crippen molar-refractivity contribution in [1.29, 1.82) is 0 Å². The van der Waals surface area contributed by atoms with Gasteiger partial charge in [-0.2, -0.15) is 0 Å². The van der Waals surface area contributed by atoms with Crippen molar-refractivity contribution in [2.24, 2.45) is 0 Å². The molecule has 1 atom stereocenters. The third-order valence-electron chi connectivity index (χ3n) is 2.44. The van der Waals surface area contributed by atoms with Gasteiger partial charge in [0.15, 0.2) is 0 Å². The van der Waals surface area contributed by atoms with E-state index in [0.29, 0.717) is 5.56 Å². The lowest BCUT2D eigenvalue weighted by atomic mass is 10.0. The molecule has 19 heavy (non-hydrogen) atoms. The van der Waals surface area contributed by atoms with E-state index in [2.05, 4.69) is 0 Å². The highest BCUT2D eigenvalue weighted by Crippen LogP contribution is 2.07. The fourth-order valence-corrected chi connectivity index (χ4v) is 1.37. The Labute approximate surface area is 121 Å². The molecule has 0 fully saturated rings. The van der Waals surface area contributed by atoms with Gasteiger partial charge in [0.2, 0.25) is 0 Å². The zero-order valence-corrected chi connectivity index (χ0v) is 12.8. The van der Waals surface area contributed by atoms with E-state index in [1.165, 1.54) is 0 Å². The van der Waals surface area contributed by atoms with Crippen LogP contribution < -0.4 is 0 Å². The third-order valence-corrected chi connectivity index (χ3v) is 2.44. The maximum Gasteiger partial charge on any atom is 0.335 e. The van der Waals surface area contributed by atoms with Crippen LogP contribution in [0, 0.1) is 0 Å². The zero-order valence-electron chi connectivity index (χ0n) is 12.0. The number of carbonyl (C=O) groups is 1.